The lowest BCUT2D eigenvalue weighted by Crippen LogP contribution is -2.39. The second-order valence-corrected chi connectivity index (χ2v) is 3.54. The molecule has 0 amide bonds. The van der Waals surface area contributed by atoms with Crippen LogP contribution in [0.4, 0.5) is 0 Å². The van der Waals surface area contributed by atoms with Gasteiger partial charge in [0.25, 0.3) is 5.15 Å². The molecule has 0 aromatic carbocycles. The molecular weight excluding hydrogens is 262 g/mol. The predicted octanol–water partition coefficient (Wildman–Crippen LogP) is 1.33. The minimum atomic E-state index is -0.918. The number of carbonyl (C=O) groups excluding carboxylic acids is 2. The highest BCUT2D eigenvalue weighted by Gasteiger charge is 2.30. The monoisotopic (exact) mass is 273 g/mol. The summed E-state index contributed by atoms with van der Waals surface area (Å²) in [7, 11) is 0. The molecule has 0 spiro atoms. The number of rotatable bonds is 4. The molecular formula is C11H12ClNO5. The van der Waals surface area contributed by atoms with Gasteiger partial charge in [-0.2, -0.15) is 0 Å². The first kappa shape index (κ1) is 14.2. The number of esters is 2. The molecule has 6 nitrogen and oxygen atoms in total. The van der Waals surface area contributed by atoms with Crippen LogP contribution in [0.2, 0.25) is 5.15 Å². The van der Waals surface area contributed by atoms with Crippen molar-refractivity contribution >= 4 is 23.5 Å². The SMILES string of the molecule is CCOC(=O)c1ccc(Cl)[n+]([O-])c1C(=O)OCC. The van der Waals surface area contributed by atoms with Crippen molar-refractivity contribution < 1.29 is 23.8 Å². The zero-order valence-electron chi connectivity index (χ0n) is 9.94. The van der Waals surface area contributed by atoms with Gasteiger partial charge in [0.1, 0.15) is 5.56 Å². The molecule has 1 heterocycles. The number of aromatic nitrogens is 1. The molecule has 0 radical (unpaired) electrons. The van der Waals surface area contributed by atoms with Gasteiger partial charge in [-0.05, 0) is 31.5 Å². The maximum absolute atomic E-state index is 11.7. The first-order valence-electron chi connectivity index (χ1n) is 5.29. The third-order valence-electron chi connectivity index (χ3n) is 2.00. The lowest BCUT2D eigenvalue weighted by atomic mass is 10.2. The summed E-state index contributed by atoms with van der Waals surface area (Å²) in [5, 5.41) is 11.5. The second kappa shape index (κ2) is 6.20. The molecule has 0 bridgehead atoms. The van der Waals surface area contributed by atoms with Crippen molar-refractivity contribution in [2.24, 2.45) is 0 Å². The highest BCUT2D eigenvalue weighted by molar-refractivity contribution is 6.28. The summed E-state index contributed by atoms with van der Waals surface area (Å²) in [4.78, 5) is 23.3. The Morgan fingerprint density at radius 1 is 1.22 bits per heavy atom. The molecule has 0 aliphatic carbocycles. The van der Waals surface area contributed by atoms with E-state index in [0.717, 1.165) is 0 Å². The van der Waals surface area contributed by atoms with Crippen molar-refractivity contribution in [1.29, 1.82) is 0 Å². The molecule has 0 fully saturated rings. The Kier molecular flexibility index (Phi) is 4.91. The van der Waals surface area contributed by atoms with E-state index in [1.54, 1.807) is 13.8 Å². The lowest BCUT2D eigenvalue weighted by Gasteiger charge is -2.09. The van der Waals surface area contributed by atoms with Crippen LogP contribution in [0.25, 0.3) is 0 Å². The fourth-order valence-corrected chi connectivity index (χ4v) is 1.43. The normalized spacial score (nSPS) is 9.94. The van der Waals surface area contributed by atoms with Gasteiger partial charge < -0.3 is 14.7 Å². The number of hydrogen-bond acceptors (Lipinski definition) is 5. The summed E-state index contributed by atoms with van der Waals surface area (Å²) in [5.74, 6) is -1.69. The molecule has 1 rings (SSSR count). The Morgan fingerprint density at radius 2 is 1.78 bits per heavy atom. The number of carbonyl (C=O) groups is 2. The molecule has 18 heavy (non-hydrogen) atoms. The summed E-state index contributed by atoms with van der Waals surface area (Å²) in [6.45, 7) is 3.40. The fraction of sp³-hybridized carbons (Fsp3) is 0.364. The van der Waals surface area contributed by atoms with E-state index in [4.69, 9.17) is 21.1 Å². The predicted molar refractivity (Wildman–Crippen MR) is 62.3 cm³/mol. The van der Waals surface area contributed by atoms with E-state index in [1.165, 1.54) is 12.1 Å². The van der Waals surface area contributed by atoms with Gasteiger partial charge in [-0.3, -0.25) is 0 Å². The van der Waals surface area contributed by atoms with Crippen molar-refractivity contribution in [3.05, 3.63) is 33.8 Å². The van der Waals surface area contributed by atoms with Gasteiger partial charge >= 0.3 is 17.6 Å². The first-order valence-corrected chi connectivity index (χ1v) is 5.67. The molecule has 0 aliphatic heterocycles. The van der Waals surface area contributed by atoms with E-state index >= 15 is 0 Å². The summed E-state index contributed by atoms with van der Waals surface area (Å²) in [5.41, 5.74) is -0.641. The molecule has 0 unspecified atom stereocenters. The van der Waals surface area contributed by atoms with Crippen LogP contribution >= 0.6 is 11.6 Å². The van der Waals surface area contributed by atoms with Gasteiger partial charge in [0.2, 0.25) is 0 Å². The first-order chi connectivity index (χ1) is 8.52. The minimum absolute atomic E-state index is 0.0770. The number of ether oxygens (including phenoxy) is 2. The third-order valence-corrected chi connectivity index (χ3v) is 2.28. The summed E-state index contributed by atoms with van der Waals surface area (Å²) in [6.07, 6.45) is 0. The molecule has 0 saturated heterocycles. The van der Waals surface area contributed by atoms with E-state index in [9.17, 15) is 14.8 Å². The second-order valence-electron chi connectivity index (χ2n) is 3.15. The van der Waals surface area contributed by atoms with Crippen LogP contribution in [0.1, 0.15) is 34.7 Å². The van der Waals surface area contributed by atoms with Crippen molar-refractivity contribution in [2.45, 2.75) is 13.8 Å². The zero-order valence-corrected chi connectivity index (χ0v) is 10.7. The number of pyridine rings is 1. The van der Waals surface area contributed by atoms with Crippen LogP contribution in [0.15, 0.2) is 12.1 Å². The maximum Gasteiger partial charge on any atom is 0.406 e. The van der Waals surface area contributed by atoms with Crippen LogP contribution < -0.4 is 4.73 Å². The molecule has 1 aromatic rings. The maximum atomic E-state index is 11.7. The largest absolute Gasteiger partial charge is 0.617 e. The van der Waals surface area contributed by atoms with Crippen molar-refractivity contribution in [3.8, 4) is 0 Å². The average molecular weight is 274 g/mol. The minimum Gasteiger partial charge on any atom is -0.617 e. The average Bonchev–Trinajstić information content (AvgIpc) is 2.32. The van der Waals surface area contributed by atoms with E-state index in [2.05, 4.69) is 0 Å². The highest BCUT2D eigenvalue weighted by atomic mass is 35.5. The molecule has 1 aromatic heterocycles. The molecule has 98 valence electrons. The molecule has 0 aliphatic rings. The van der Waals surface area contributed by atoms with Gasteiger partial charge in [-0.1, -0.05) is 0 Å². The van der Waals surface area contributed by atoms with Crippen LogP contribution in [0.3, 0.4) is 0 Å². The zero-order chi connectivity index (χ0) is 13.7. The van der Waals surface area contributed by atoms with E-state index < -0.39 is 17.6 Å². The van der Waals surface area contributed by atoms with Gasteiger partial charge in [0.05, 0.1) is 13.2 Å². The Labute approximate surface area is 109 Å². The van der Waals surface area contributed by atoms with Gasteiger partial charge in [0.15, 0.2) is 0 Å². The summed E-state index contributed by atoms with van der Waals surface area (Å²) >= 11 is 5.60. The number of hydrogen-bond donors (Lipinski definition) is 0. The van der Waals surface area contributed by atoms with Gasteiger partial charge in [0, 0.05) is 6.07 Å². The van der Waals surface area contributed by atoms with Gasteiger partial charge in [-0.15, -0.1) is 4.73 Å². The Morgan fingerprint density at radius 3 is 2.33 bits per heavy atom. The lowest BCUT2D eigenvalue weighted by molar-refractivity contribution is -0.606. The Balaban J connectivity index is 3.29. The standard InChI is InChI=1S/C11H12ClNO5/c1-3-17-10(14)7-5-6-8(12)13(16)9(7)11(15)18-4-2/h5-6H,3-4H2,1-2H3. The van der Waals surface area contributed by atoms with E-state index in [-0.39, 0.29) is 28.7 Å². The molecule has 7 heteroatoms. The number of halogens is 1. The van der Waals surface area contributed by atoms with Crippen molar-refractivity contribution in [2.75, 3.05) is 13.2 Å². The number of nitrogens with zero attached hydrogens (tertiary/aromatic N) is 1. The molecule has 0 atom stereocenters. The van der Waals surface area contributed by atoms with E-state index in [0.29, 0.717) is 0 Å². The Bertz CT molecular complexity index is 475. The smallest absolute Gasteiger partial charge is 0.406 e. The Hall–Kier alpha value is -1.82. The quantitative estimate of drug-likeness (QED) is 0.358. The van der Waals surface area contributed by atoms with Crippen LogP contribution in [0, 0.1) is 5.21 Å². The molecule has 0 saturated carbocycles. The van der Waals surface area contributed by atoms with Gasteiger partial charge in [-0.25, -0.2) is 9.59 Å². The topological polar surface area (TPSA) is 79.5 Å². The third kappa shape index (κ3) is 2.89. The fourth-order valence-electron chi connectivity index (χ4n) is 1.28. The summed E-state index contributed by atoms with van der Waals surface area (Å²) < 4.78 is 9.60. The highest BCUT2D eigenvalue weighted by Crippen LogP contribution is 2.12. The summed E-state index contributed by atoms with van der Waals surface area (Å²) in [6, 6.07) is 2.46. The van der Waals surface area contributed by atoms with Crippen LogP contribution in [-0.4, -0.2) is 25.2 Å². The van der Waals surface area contributed by atoms with Crippen molar-refractivity contribution in [3.63, 3.8) is 0 Å². The van der Waals surface area contributed by atoms with Crippen LogP contribution in [-0.2, 0) is 9.47 Å². The van der Waals surface area contributed by atoms with E-state index in [1.807, 2.05) is 0 Å². The van der Waals surface area contributed by atoms with Crippen molar-refractivity contribution in [1.82, 2.24) is 0 Å². The molecule has 0 N–H and O–H groups in total. The van der Waals surface area contributed by atoms with Crippen LogP contribution in [0.5, 0.6) is 0 Å².